The Kier molecular flexibility index (Phi) is 4.52. The Morgan fingerprint density at radius 1 is 1.30 bits per heavy atom. The van der Waals surface area contributed by atoms with Crippen LogP contribution in [-0.4, -0.2) is 36.0 Å². The molecule has 20 heavy (non-hydrogen) atoms. The predicted molar refractivity (Wildman–Crippen MR) is 75.5 cm³/mol. The van der Waals surface area contributed by atoms with Gasteiger partial charge in [-0.05, 0) is 25.0 Å². The number of carbonyl (C=O) groups is 1. The molecule has 0 aliphatic carbocycles. The summed E-state index contributed by atoms with van der Waals surface area (Å²) < 4.78 is 0. The smallest absolute Gasteiger partial charge is 0.294 e. The Balaban J connectivity index is 2.23. The van der Waals surface area contributed by atoms with Crippen LogP contribution in [0.3, 0.4) is 0 Å². The van der Waals surface area contributed by atoms with Crippen molar-refractivity contribution in [3.8, 4) is 0 Å². The second-order valence-electron chi connectivity index (χ2n) is 4.73. The molecule has 1 aromatic rings. The molecule has 2 N–H and O–H groups in total. The zero-order chi connectivity index (χ0) is 14.5. The fourth-order valence-electron chi connectivity index (χ4n) is 2.24. The number of rotatable bonds is 4. The first-order valence-corrected chi connectivity index (χ1v) is 6.64. The van der Waals surface area contributed by atoms with Gasteiger partial charge in [0.05, 0.1) is 4.92 Å². The van der Waals surface area contributed by atoms with E-state index in [0.29, 0.717) is 5.69 Å². The third kappa shape index (κ3) is 3.24. The highest BCUT2D eigenvalue weighted by molar-refractivity contribution is 5.95. The number of piperidine rings is 1. The van der Waals surface area contributed by atoms with Crippen molar-refractivity contribution in [1.82, 2.24) is 10.3 Å². The molecule has 2 rings (SSSR count). The summed E-state index contributed by atoms with van der Waals surface area (Å²) in [6, 6.07) is 4.46. The Morgan fingerprint density at radius 2 is 2.00 bits per heavy atom. The number of nitrogens with one attached hydrogen (secondary N) is 2. The molecule has 0 bridgehead atoms. The van der Waals surface area contributed by atoms with E-state index in [0.717, 1.165) is 25.9 Å². The summed E-state index contributed by atoms with van der Waals surface area (Å²) in [4.78, 5) is 22.2. The third-order valence-corrected chi connectivity index (χ3v) is 3.32. The molecule has 0 radical (unpaired) electrons. The summed E-state index contributed by atoms with van der Waals surface area (Å²) in [5.41, 5.74) is 3.69. The van der Waals surface area contributed by atoms with E-state index in [1.54, 1.807) is 12.1 Å². The summed E-state index contributed by atoms with van der Waals surface area (Å²) >= 11 is 0. The first-order valence-electron chi connectivity index (χ1n) is 6.64. The lowest BCUT2D eigenvalue weighted by atomic mass is 10.1. The van der Waals surface area contributed by atoms with E-state index >= 15 is 0 Å². The number of hydrogen-bond acceptors (Lipinski definition) is 5. The van der Waals surface area contributed by atoms with Gasteiger partial charge in [0.1, 0.15) is 5.69 Å². The van der Waals surface area contributed by atoms with Crippen LogP contribution in [-0.2, 0) is 0 Å². The number of carbonyl (C=O) groups excluding carboxylic acids is 1. The Labute approximate surface area is 117 Å². The molecule has 1 saturated heterocycles. The minimum atomic E-state index is -0.473. The van der Waals surface area contributed by atoms with Crippen LogP contribution in [0.25, 0.3) is 0 Å². The SMILES string of the molecule is CNC(=O)c1ccc(NN2CCCCC2)c([N+](=O)[O-])c1. The van der Waals surface area contributed by atoms with Crippen LogP contribution in [0.4, 0.5) is 11.4 Å². The zero-order valence-electron chi connectivity index (χ0n) is 11.4. The van der Waals surface area contributed by atoms with E-state index in [1.807, 2.05) is 5.01 Å². The highest BCUT2D eigenvalue weighted by atomic mass is 16.6. The van der Waals surface area contributed by atoms with Crippen LogP contribution >= 0.6 is 0 Å². The first-order chi connectivity index (χ1) is 9.61. The molecule has 1 aromatic carbocycles. The number of anilines is 1. The highest BCUT2D eigenvalue weighted by Crippen LogP contribution is 2.26. The summed E-state index contributed by atoms with van der Waals surface area (Å²) in [7, 11) is 1.49. The van der Waals surface area contributed by atoms with Gasteiger partial charge in [0.25, 0.3) is 11.6 Å². The number of nitro groups is 1. The van der Waals surface area contributed by atoms with E-state index < -0.39 is 4.92 Å². The highest BCUT2D eigenvalue weighted by Gasteiger charge is 2.19. The number of benzene rings is 1. The molecule has 7 nitrogen and oxygen atoms in total. The summed E-state index contributed by atoms with van der Waals surface area (Å²) in [5.74, 6) is -0.336. The van der Waals surface area contributed by atoms with Gasteiger partial charge in [0.15, 0.2) is 0 Å². The minimum Gasteiger partial charge on any atom is -0.355 e. The van der Waals surface area contributed by atoms with Crippen LogP contribution in [0.2, 0.25) is 0 Å². The van der Waals surface area contributed by atoms with E-state index in [2.05, 4.69) is 10.7 Å². The van der Waals surface area contributed by atoms with Gasteiger partial charge >= 0.3 is 0 Å². The van der Waals surface area contributed by atoms with Crippen molar-refractivity contribution in [1.29, 1.82) is 0 Å². The molecule has 108 valence electrons. The van der Waals surface area contributed by atoms with Crippen molar-refractivity contribution < 1.29 is 9.72 Å². The number of nitro benzene ring substituents is 1. The van der Waals surface area contributed by atoms with Gasteiger partial charge in [-0.15, -0.1) is 0 Å². The number of hydrazine groups is 1. The second kappa shape index (κ2) is 6.33. The lowest BCUT2D eigenvalue weighted by Gasteiger charge is -2.27. The standard InChI is InChI=1S/C13H18N4O3/c1-14-13(18)10-5-6-11(12(9-10)17(19)20)15-16-7-3-2-4-8-16/h5-6,9,15H,2-4,7-8H2,1H3,(H,14,18). The lowest BCUT2D eigenvalue weighted by Crippen LogP contribution is -2.35. The van der Waals surface area contributed by atoms with Gasteiger partial charge in [-0.2, -0.15) is 0 Å². The van der Waals surface area contributed by atoms with Gasteiger partial charge < -0.3 is 10.7 Å². The molecule has 0 saturated carbocycles. The van der Waals surface area contributed by atoms with Crippen LogP contribution < -0.4 is 10.7 Å². The summed E-state index contributed by atoms with van der Waals surface area (Å²) in [6.45, 7) is 1.74. The van der Waals surface area contributed by atoms with E-state index in [4.69, 9.17) is 0 Å². The average molecular weight is 278 g/mol. The number of nitrogens with zero attached hydrogens (tertiary/aromatic N) is 2. The van der Waals surface area contributed by atoms with Gasteiger partial charge in [-0.3, -0.25) is 14.9 Å². The third-order valence-electron chi connectivity index (χ3n) is 3.32. The van der Waals surface area contributed by atoms with Crippen LogP contribution in [0.15, 0.2) is 18.2 Å². The Hall–Kier alpha value is -2.15. The van der Waals surface area contributed by atoms with Crippen molar-refractivity contribution in [2.75, 3.05) is 25.6 Å². The monoisotopic (exact) mass is 278 g/mol. The Bertz CT molecular complexity index is 512. The summed E-state index contributed by atoms with van der Waals surface area (Å²) in [5, 5.41) is 15.6. The van der Waals surface area contributed by atoms with E-state index in [9.17, 15) is 14.9 Å². The quantitative estimate of drug-likeness (QED) is 0.647. The topological polar surface area (TPSA) is 87.5 Å². The molecule has 0 spiro atoms. The predicted octanol–water partition coefficient (Wildman–Crippen LogP) is 1.77. The van der Waals surface area contributed by atoms with Gasteiger partial charge in [0.2, 0.25) is 0 Å². The van der Waals surface area contributed by atoms with Crippen molar-refractivity contribution in [3.63, 3.8) is 0 Å². The van der Waals surface area contributed by atoms with Gasteiger partial charge in [-0.25, -0.2) is 5.01 Å². The molecule has 0 unspecified atom stereocenters. The van der Waals surface area contributed by atoms with Crippen molar-refractivity contribution in [2.45, 2.75) is 19.3 Å². The van der Waals surface area contributed by atoms with Crippen molar-refractivity contribution in [3.05, 3.63) is 33.9 Å². The molecule has 1 aliphatic heterocycles. The van der Waals surface area contributed by atoms with Crippen LogP contribution in [0.5, 0.6) is 0 Å². The lowest BCUT2D eigenvalue weighted by molar-refractivity contribution is -0.384. The van der Waals surface area contributed by atoms with Crippen LogP contribution in [0, 0.1) is 10.1 Å². The number of amides is 1. The molecule has 1 aliphatic rings. The van der Waals surface area contributed by atoms with E-state index in [-0.39, 0.29) is 17.2 Å². The molecule has 0 atom stereocenters. The maximum absolute atomic E-state index is 11.5. The van der Waals surface area contributed by atoms with Crippen molar-refractivity contribution >= 4 is 17.3 Å². The van der Waals surface area contributed by atoms with E-state index in [1.165, 1.54) is 19.5 Å². The van der Waals surface area contributed by atoms with Gasteiger partial charge in [0, 0.05) is 31.8 Å². The molecule has 7 heteroatoms. The normalized spacial score (nSPS) is 15.7. The van der Waals surface area contributed by atoms with Gasteiger partial charge in [-0.1, -0.05) is 6.42 Å². The average Bonchev–Trinajstić information content (AvgIpc) is 2.47. The maximum Gasteiger partial charge on any atom is 0.294 e. The minimum absolute atomic E-state index is 0.0864. The van der Waals surface area contributed by atoms with Crippen LogP contribution in [0.1, 0.15) is 29.6 Å². The molecular weight excluding hydrogens is 260 g/mol. The van der Waals surface area contributed by atoms with Crippen molar-refractivity contribution in [2.24, 2.45) is 0 Å². The molecule has 0 aromatic heterocycles. The molecular formula is C13H18N4O3. The molecule has 1 heterocycles. The fraction of sp³-hybridized carbons (Fsp3) is 0.462. The zero-order valence-corrected chi connectivity index (χ0v) is 11.4. The fourth-order valence-corrected chi connectivity index (χ4v) is 2.24. The second-order valence-corrected chi connectivity index (χ2v) is 4.73. The molecule has 1 amide bonds. The summed E-state index contributed by atoms with van der Waals surface area (Å²) in [6.07, 6.45) is 3.35. The number of hydrogen-bond donors (Lipinski definition) is 2. The Morgan fingerprint density at radius 3 is 2.60 bits per heavy atom. The maximum atomic E-state index is 11.5. The first kappa shape index (κ1) is 14.3. The largest absolute Gasteiger partial charge is 0.355 e. The molecule has 1 fully saturated rings.